The molecule has 26 heavy (non-hydrogen) atoms. The highest BCUT2D eigenvalue weighted by Crippen LogP contribution is 2.31. The lowest BCUT2D eigenvalue weighted by Gasteiger charge is -2.27. The maximum atomic E-state index is 12.5. The Morgan fingerprint density at radius 3 is 2.73 bits per heavy atom. The SMILES string of the molecule is O=S(=O)(Nc1ccc2c(c1)OC(CNCCCO)CC2)c1ccccc1. The number of rotatable bonds is 8. The van der Waals surface area contributed by atoms with Crippen LogP contribution in [0, 0.1) is 0 Å². The Hall–Kier alpha value is -2.09. The number of benzene rings is 2. The van der Waals surface area contributed by atoms with Crippen LogP contribution >= 0.6 is 0 Å². The Balaban J connectivity index is 1.67. The number of nitrogens with one attached hydrogen (secondary N) is 2. The minimum Gasteiger partial charge on any atom is -0.489 e. The molecule has 2 aromatic carbocycles. The Bertz CT molecular complexity index is 825. The molecule has 0 aromatic heterocycles. The van der Waals surface area contributed by atoms with E-state index in [1.54, 1.807) is 42.5 Å². The van der Waals surface area contributed by atoms with E-state index in [9.17, 15) is 8.42 Å². The summed E-state index contributed by atoms with van der Waals surface area (Å²) in [4.78, 5) is 0.226. The van der Waals surface area contributed by atoms with Gasteiger partial charge in [0, 0.05) is 19.2 Å². The van der Waals surface area contributed by atoms with Gasteiger partial charge in [0.05, 0.1) is 10.6 Å². The topological polar surface area (TPSA) is 87.7 Å². The molecule has 3 rings (SSSR count). The Morgan fingerprint density at radius 1 is 1.15 bits per heavy atom. The average molecular weight is 376 g/mol. The van der Waals surface area contributed by atoms with Gasteiger partial charge in [0.2, 0.25) is 0 Å². The van der Waals surface area contributed by atoms with Gasteiger partial charge in [0.25, 0.3) is 10.0 Å². The largest absolute Gasteiger partial charge is 0.489 e. The van der Waals surface area contributed by atoms with E-state index in [1.807, 2.05) is 6.07 Å². The summed E-state index contributed by atoms with van der Waals surface area (Å²) < 4.78 is 33.5. The second-order valence-corrected chi connectivity index (χ2v) is 7.98. The van der Waals surface area contributed by atoms with Crippen molar-refractivity contribution in [2.75, 3.05) is 24.4 Å². The molecule has 0 fully saturated rings. The van der Waals surface area contributed by atoms with Crippen LogP contribution in [0.15, 0.2) is 53.4 Å². The number of ether oxygens (including phenoxy) is 1. The lowest BCUT2D eigenvalue weighted by molar-refractivity contribution is 0.169. The van der Waals surface area contributed by atoms with Crippen LogP contribution < -0.4 is 14.8 Å². The molecule has 1 aliphatic rings. The van der Waals surface area contributed by atoms with Gasteiger partial charge in [-0.25, -0.2) is 8.42 Å². The van der Waals surface area contributed by atoms with Crippen LogP contribution in [0.4, 0.5) is 5.69 Å². The highest BCUT2D eigenvalue weighted by Gasteiger charge is 2.21. The van der Waals surface area contributed by atoms with Gasteiger partial charge in [-0.05, 0) is 49.6 Å². The predicted octanol–water partition coefficient (Wildman–Crippen LogP) is 2.15. The first-order chi connectivity index (χ1) is 12.6. The summed E-state index contributed by atoms with van der Waals surface area (Å²) in [5.74, 6) is 0.721. The minimum atomic E-state index is -3.62. The summed E-state index contributed by atoms with van der Waals surface area (Å²) in [6.45, 7) is 1.63. The van der Waals surface area contributed by atoms with E-state index >= 15 is 0 Å². The summed E-state index contributed by atoms with van der Waals surface area (Å²) >= 11 is 0. The second kappa shape index (κ2) is 8.53. The molecule has 0 radical (unpaired) electrons. The van der Waals surface area contributed by atoms with Crippen LogP contribution in [0.25, 0.3) is 0 Å². The number of hydrogen-bond acceptors (Lipinski definition) is 5. The number of aryl methyl sites for hydroxylation is 1. The molecular formula is C19H24N2O4S. The van der Waals surface area contributed by atoms with Crippen molar-refractivity contribution in [2.24, 2.45) is 0 Å². The minimum absolute atomic E-state index is 0.0437. The van der Waals surface area contributed by atoms with Gasteiger partial charge >= 0.3 is 0 Å². The first kappa shape index (κ1) is 18.7. The molecule has 0 aliphatic carbocycles. The zero-order chi connectivity index (χ0) is 18.4. The van der Waals surface area contributed by atoms with Crippen molar-refractivity contribution in [3.63, 3.8) is 0 Å². The van der Waals surface area contributed by atoms with Crippen molar-refractivity contribution in [2.45, 2.75) is 30.3 Å². The van der Waals surface area contributed by atoms with Crippen molar-refractivity contribution in [3.05, 3.63) is 54.1 Å². The Morgan fingerprint density at radius 2 is 1.96 bits per heavy atom. The molecule has 1 aliphatic heterocycles. The molecule has 0 saturated carbocycles. The summed E-state index contributed by atoms with van der Waals surface area (Å²) in [6.07, 6.45) is 2.57. The van der Waals surface area contributed by atoms with E-state index in [0.29, 0.717) is 18.7 Å². The normalized spacial score (nSPS) is 16.6. The second-order valence-electron chi connectivity index (χ2n) is 6.30. The van der Waals surface area contributed by atoms with Gasteiger partial charge in [-0.15, -0.1) is 0 Å². The van der Waals surface area contributed by atoms with Crippen molar-refractivity contribution in [3.8, 4) is 5.75 Å². The number of aliphatic hydroxyl groups excluding tert-OH is 1. The molecule has 1 atom stereocenters. The third kappa shape index (κ3) is 4.75. The molecule has 140 valence electrons. The van der Waals surface area contributed by atoms with E-state index in [2.05, 4.69) is 10.0 Å². The third-order valence-corrected chi connectivity index (χ3v) is 5.68. The lowest BCUT2D eigenvalue weighted by atomic mass is 10.0. The van der Waals surface area contributed by atoms with Crippen LogP contribution in [0.3, 0.4) is 0 Å². The van der Waals surface area contributed by atoms with Gasteiger partial charge in [-0.1, -0.05) is 24.3 Å². The molecule has 0 saturated heterocycles. The fourth-order valence-corrected chi connectivity index (χ4v) is 3.98. The van der Waals surface area contributed by atoms with E-state index in [4.69, 9.17) is 9.84 Å². The van der Waals surface area contributed by atoms with Crippen LogP contribution in [-0.2, 0) is 16.4 Å². The smallest absolute Gasteiger partial charge is 0.261 e. The molecule has 7 heteroatoms. The number of aliphatic hydroxyl groups is 1. The molecular weight excluding hydrogens is 352 g/mol. The maximum absolute atomic E-state index is 12.5. The van der Waals surface area contributed by atoms with E-state index in [1.165, 1.54) is 0 Å². The van der Waals surface area contributed by atoms with Crippen molar-refractivity contribution < 1.29 is 18.3 Å². The van der Waals surface area contributed by atoms with E-state index in [-0.39, 0.29) is 17.6 Å². The van der Waals surface area contributed by atoms with E-state index < -0.39 is 10.0 Å². The van der Waals surface area contributed by atoms with Crippen LogP contribution in [0.5, 0.6) is 5.75 Å². The molecule has 0 spiro atoms. The van der Waals surface area contributed by atoms with Crippen LogP contribution in [0.2, 0.25) is 0 Å². The predicted molar refractivity (Wildman–Crippen MR) is 101 cm³/mol. The highest BCUT2D eigenvalue weighted by atomic mass is 32.2. The summed E-state index contributed by atoms with van der Waals surface area (Å²) in [7, 11) is -3.62. The van der Waals surface area contributed by atoms with Crippen molar-refractivity contribution >= 4 is 15.7 Å². The molecule has 2 aromatic rings. The number of hydrogen-bond donors (Lipinski definition) is 3. The maximum Gasteiger partial charge on any atom is 0.261 e. The monoisotopic (exact) mass is 376 g/mol. The zero-order valence-corrected chi connectivity index (χ0v) is 15.3. The first-order valence-electron chi connectivity index (χ1n) is 8.77. The molecule has 3 N–H and O–H groups in total. The Labute approximate surface area is 154 Å². The summed E-state index contributed by atoms with van der Waals surface area (Å²) in [6, 6.07) is 13.7. The van der Waals surface area contributed by atoms with Gasteiger partial charge in [0.1, 0.15) is 11.9 Å². The zero-order valence-electron chi connectivity index (χ0n) is 14.5. The Kier molecular flexibility index (Phi) is 6.13. The van der Waals surface area contributed by atoms with Gasteiger partial charge in [-0.2, -0.15) is 0 Å². The van der Waals surface area contributed by atoms with Crippen molar-refractivity contribution in [1.29, 1.82) is 0 Å². The van der Waals surface area contributed by atoms with Crippen LogP contribution in [-0.4, -0.2) is 39.3 Å². The van der Waals surface area contributed by atoms with Gasteiger partial charge in [-0.3, -0.25) is 4.72 Å². The van der Waals surface area contributed by atoms with Gasteiger partial charge < -0.3 is 15.2 Å². The standard InChI is InChI=1S/C19H24N2O4S/c22-12-4-11-20-14-17-10-8-15-7-9-16(13-19(15)25-17)21-26(23,24)18-5-2-1-3-6-18/h1-3,5-7,9,13,17,20-22H,4,8,10-12,14H2. The van der Waals surface area contributed by atoms with Crippen LogP contribution in [0.1, 0.15) is 18.4 Å². The number of sulfonamides is 1. The lowest BCUT2D eigenvalue weighted by Crippen LogP contribution is -2.34. The van der Waals surface area contributed by atoms with E-state index in [0.717, 1.165) is 30.7 Å². The van der Waals surface area contributed by atoms with Crippen molar-refractivity contribution in [1.82, 2.24) is 5.32 Å². The highest BCUT2D eigenvalue weighted by molar-refractivity contribution is 7.92. The average Bonchev–Trinajstić information content (AvgIpc) is 2.65. The fourth-order valence-electron chi connectivity index (χ4n) is 2.91. The summed E-state index contributed by atoms with van der Waals surface area (Å²) in [5.41, 5.74) is 1.57. The molecule has 0 amide bonds. The molecule has 0 bridgehead atoms. The third-order valence-electron chi connectivity index (χ3n) is 4.29. The number of anilines is 1. The fraction of sp³-hybridized carbons (Fsp3) is 0.368. The van der Waals surface area contributed by atoms with Gasteiger partial charge in [0.15, 0.2) is 0 Å². The molecule has 1 heterocycles. The summed E-state index contributed by atoms with van der Waals surface area (Å²) in [5, 5.41) is 12.1. The molecule has 6 nitrogen and oxygen atoms in total. The first-order valence-corrected chi connectivity index (χ1v) is 10.3. The number of fused-ring (bicyclic) bond motifs is 1. The quantitative estimate of drug-likeness (QED) is 0.615. The molecule has 1 unspecified atom stereocenters.